The fourth-order valence-electron chi connectivity index (χ4n) is 2.88. The first kappa shape index (κ1) is 10.6. The third kappa shape index (κ3) is 1.40. The largest absolute Gasteiger partial charge is 0.342 e. The second-order valence-electron chi connectivity index (χ2n) is 5.13. The van der Waals surface area contributed by atoms with E-state index >= 15 is 0 Å². The molecule has 2 nitrogen and oxygen atoms in total. The van der Waals surface area contributed by atoms with Gasteiger partial charge in [-0.05, 0) is 30.7 Å². The van der Waals surface area contributed by atoms with Gasteiger partial charge in [-0.1, -0.05) is 30.3 Å². The third-order valence-corrected chi connectivity index (χ3v) is 3.82. The number of pyridine rings is 1. The summed E-state index contributed by atoms with van der Waals surface area (Å²) in [6.45, 7) is 2.13. The smallest absolute Gasteiger partial charge is 0.0887 e. The van der Waals surface area contributed by atoms with Gasteiger partial charge in [0.1, 0.15) is 0 Å². The molecule has 0 bridgehead atoms. The second-order valence-corrected chi connectivity index (χ2v) is 5.13. The van der Waals surface area contributed by atoms with Gasteiger partial charge in [-0.15, -0.1) is 0 Å². The number of benzene rings is 2. The van der Waals surface area contributed by atoms with Crippen LogP contribution in [-0.2, 0) is 7.05 Å². The first-order chi connectivity index (χ1) is 9.24. The van der Waals surface area contributed by atoms with E-state index in [0.717, 1.165) is 11.2 Å². The van der Waals surface area contributed by atoms with Crippen molar-refractivity contribution in [3.63, 3.8) is 0 Å². The Labute approximate surface area is 111 Å². The van der Waals surface area contributed by atoms with Gasteiger partial charge in [-0.3, -0.25) is 0 Å². The molecule has 4 rings (SSSR count). The maximum Gasteiger partial charge on any atom is 0.0887 e. The molecule has 0 atom stereocenters. The topological polar surface area (TPSA) is 17.8 Å². The molecule has 0 aliphatic carbocycles. The maximum atomic E-state index is 4.73. The SMILES string of the molecule is Cc1ccc2cc3nc4ccccc4c-3n(C)c2c1. The average Bonchev–Trinajstić information content (AvgIpc) is 2.78. The lowest BCUT2D eigenvalue weighted by Gasteiger charge is -2.12. The summed E-state index contributed by atoms with van der Waals surface area (Å²) in [6.07, 6.45) is 0. The first-order valence-electron chi connectivity index (χ1n) is 6.48. The van der Waals surface area contributed by atoms with Crippen molar-refractivity contribution < 1.29 is 0 Å². The number of aryl methyl sites for hydroxylation is 2. The van der Waals surface area contributed by atoms with E-state index in [1.54, 1.807) is 0 Å². The molecule has 0 unspecified atom stereocenters. The number of hydrogen-bond donors (Lipinski definition) is 0. The van der Waals surface area contributed by atoms with Gasteiger partial charge in [-0.25, -0.2) is 4.98 Å². The minimum atomic E-state index is 1.07. The van der Waals surface area contributed by atoms with Crippen LogP contribution in [0.25, 0.3) is 33.2 Å². The average molecular weight is 246 g/mol. The van der Waals surface area contributed by atoms with Crippen molar-refractivity contribution in [3.05, 3.63) is 54.1 Å². The van der Waals surface area contributed by atoms with Crippen molar-refractivity contribution in [2.75, 3.05) is 0 Å². The van der Waals surface area contributed by atoms with Crippen LogP contribution in [0.15, 0.2) is 48.5 Å². The fraction of sp³-hybridized carbons (Fsp3) is 0.118. The lowest BCUT2D eigenvalue weighted by atomic mass is 10.1. The van der Waals surface area contributed by atoms with Crippen molar-refractivity contribution in [1.82, 2.24) is 9.55 Å². The molecule has 2 heteroatoms. The predicted octanol–water partition coefficient (Wildman–Crippen LogP) is 4.14. The highest BCUT2D eigenvalue weighted by molar-refractivity contribution is 6.00. The highest BCUT2D eigenvalue weighted by Gasteiger charge is 2.15. The second kappa shape index (κ2) is 3.58. The Bertz CT molecular complexity index is 887. The molecule has 2 aromatic rings. The Morgan fingerprint density at radius 2 is 1.84 bits per heavy atom. The summed E-state index contributed by atoms with van der Waals surface area (Å²) in [4.78, 5) is 4.73. The molecule has 0 spiro atoms. The lowest BCUT2D eigenvalue weighted by molar-refractivity contribution is 0.966. The van der Waals surface area contributed by atoms with Gasteiger partial charge in [-0.2, -0.15) is 0 Å². The lowest BCUT2D eigenvalue weighted by Crippen LogP contribution is -1.99. The van der Waals surface area contributed by atoms with E-state index in [4.69, 9.17) is 4.98 Å². The van der Waals surface area contributed by atoms with Gasteiger partial charge in [0.2, 0.25) is 0 Å². The molecule has 2 heterocycles. The molecule has 0 amide bonds. The van der Waals surface area contributed by atoms with E-state index in [1.165, 1.54) is 27.5 Å². The van der Waals surface area contributed by atoms with Crippen LogP contribution in [0.4, 0.5) is 0 Å². The first-order valence-corrected chi connectivity index (χ1v) is 6.48. The van der Waals surface area contributed by atoms with Crippen molar-refractivity contribution in [3.8, 4) is 11.4 Å². The van der Waals surface area contributed by atoms with Crippen molar-refractivity contribution in [1.29, 1.82) is 0 Å². The van der Waals surface area contributed by atoms with Crippen LogP contribution >= 0.6 is 0 Å². The summed E-state index contributed by atoms with van der Waals surface area (Å²) in [5.74, 6) is 0. The van der Waals surface area contributed by atoms with E-state index in [2.05, 4.69) is 61.0 Å². The summed E-state index contributed by atoms with van der Waals surface area (Å²) < 4.78 is 2.26. The van der Waals surface area contributed by atoms with E-state index < -0.39 is 0 Å². The van der Waals surface area contributed by atoms with Gasteiger partial charge >= 0.3 is 0 Å². The van der Waals surface area contributed by atoms with Gasteiger partial charge in [0.05, 0.1) is 16.9 Å². The Balaban J connectivity index is 2.27. The van der Waals surface area contributed by atoms with Crippen molar-refractivity contribution in [2.24, 2.45) is 7.05 Å². The molecule has 19 heavy (non-hydrogen) atoms. The van der Waals surface area contributed by atoms with Crippen molar-refractivity contribution in [2.45, 2.75) is 6.92 Å². The maximum absolute atomic E-state index is 4.73. The Morgan fingerprint density at radius 1 is 1.00 bits per heavy atom. The molecule has 0 saturated heterocycles. The minimum Gasteiger partial charge on any atom is -0.342 e. The Hall–Kier alpha value is -2.35. The van der Waals surface area contributed by atoms with Crippen LogP contribution < -0.4 is 0 Å². The summed E-state index contributed by atoms with van der Waals surface area (Å²) in [5, 5.41) is 2.46. The molecule has 0 saturated carbocycles. The van der Waals surface area contributed by atoms with Gasteiger partial charge in [0.15, 0.2) is 0 Å². The van der Waals surface area contributed by atoms with Crippen LogP contribution in [0, 0.1) is 6.92 Å². The number of aromatic nitrogens is 2. The van der Waals surface area contributed by atoms with Crippen LogP contribution in [-0.4, -0.2) is 9.55 Å². The number of rotatable bonds is 0. The molecule has 0 aromatic heterocycles. The molecular weight excluding hydrogens is 232 g/mol. The molecule has 0 radical (unpaired) electrons. The fourth-order valence-corrected chi connectivity index (χ4v) is 2.88. The van der Waals surface area contributed by atoms with E-state index in [9.17, 15) is 0 Å². The zero-order valence-corrected chi connectivity index (χ0v) is 11.0. The Morgan fingerprint density at radius 3 is 2.74 bits per heavy atom. The van der Waals surface area contributed by atoms with Gasteiger partial charge < -0.3 is 4.57 Å². The van der Waals surface area contributed by atoms with Crippen molar-refractivity contribution >= 4 is 21.8 Å². The quantitative estimate of drug-likeness (QED) is 0.456. The summed E-state index contributed by atoms with van der Waals surface area (Å²) in [7, 11) is 2.12. The minimum absolute atomic E-state index is 1.07. The van der Waals surface area contributed by atoms with Crippen LogP contribution in [0.3, 0.4) is 0 Å². The molecule has 2 aliphatic heterocycles. The van der Waals surface area contributed by atoms with Crippen LogP contribution in [0.1, 0.15) is 5.56 Å². The molecule has 2 aromatic carbocycles. The van der Waals surface area contributed by atoms with Gasteiger partial charge in [0, 0.05) is 23.3 Å². The van der Waals surface area contributed by atoms with Crippen LogP contribution in [0.2, 0.25) is 0 Å². The molecule has 92 valence electrons. The number of nitrogens with zero attached hydrogens (tertiary/aromatic N) is 2. The summed E-state index contributed by atoms with van der Waals surface area (Å²) >= 11 is 0. The molecule has 2 aliphatic rings. The Kier molecular flexibility index (Phi) is 1.99. The summed E-state index contributed by atoms with van der Waals surface area (Å²) in [6, 6.07) is 17.1. The summed E-state index contributed by atoms with van der Waals surface area (Å²) in [5.41, 5.74) is 5.89. The van der Waals surface area contributed by atoms with Crippen LogP contribution in [0.5, 0.6) is 0 Å². The zero-order chi connectivity index (χ0) is 13.0. The predicted molar refractivity (Wildman–Crippen MR) is 79.6 cm³/mol. The molecule has 0 fully saturated rings. The van der Waals surface area contributed by atoms with E-state index in [-0.39, 0.29) is 0 Å². The van der Waals surface area contributed by atoms with Gasteiger partial charge in [0.25, 0.3) is 0 Å². The number of fused-ring (bicyclic) bond motifs is 4. The normalized spacial score (nSPS) is 11.7. The highest BCUT2D eigenvalue weighted by Crippen LogP contribution is 2.34. The van der Waals surface area contributed by atoms with E-state index in [0.29, 0.717) is 0 Å². The van der Waals surface area contributed by atoms with E-state index in [1.807, 2.05) is 6.07 Å². The molecule has 0 N–H and O–H groups in total. The monoisotopic (exact) mass is 246 g/mol. The number of para-hydroxylation sites is 1. The third-order valence-electron chi connectivity index (χ3n) is 3.82. The standard InChI is InChI=1S/C17H14N2/c1-11-7-8-12-10-15-17(19(2)16(12)9-11)13-5-3-4-6-14(13)18-15/h3-10H,1-2H3. The molecular formula is C17H14N2. The highest BCUT2D eigenvalue weighted by atomic mass is 15.0. The zero-order valence-electron chi connectivity index (χ0n) is 11.0. The number of hydrogen-bond acceptors (Lipinski definition) is 1.